The van der Waals surface area contributed by atoms with Crippen LogP contribution in [-0.4, -0.2) is 25.8 Å². The predicted octanol–water partition coefficient (Wildman–Crippen LogP) is 2.56. The van der Waals surface area contributed by atoms with E-state index in [1.165, 1.54) is 6.07 Å². The lowest BCUT2D eigenvalue weighted by atomic mass is 10.0. The predicted molar refractivity (Wildman–Crippen MR) is 61.7 cm³/mol. The second-order valence-electron chi connectivity index (χ2n) is 4.69. The van der Waals surface area contributed by atoms with Crippen LogP contribution in [0.2, 0.25) is 0 Å². The fourth-order valence-electron chi connectivity index (χ4n) is 2.39. The SMILES string of the molecule is FC(F)(F)c1ccc2c(c1)NCC1COCC1N2. The van der Waals surface area contributed by atoms with Crippen molar-refractivity contribution in [2.75, 3.05) is 30.4 Å². The van der Waals surface area contributed by atoms with Gasteiger partial charge in [-0.2, -0.15) is 13.2 Å². The quantitative estimate of drug-likeness (QED) is 0.750. The van der Waals surface area contributed by atoms with Gasteiger partial charge in [-0.1, -0.05) is 0 Å². The molecule has 2 N–H and O–H groups in total. The minimum atomic E-state index is -4.30. The average Bonchev–Trinajstić information content (AvgIpc) is 2.67. The first-order chi connectivity index (χ1) is 8.54. The summed E-state index contributed by atoms with van der Waals surface area (Å²) in [6.07, 6.45) is -4.30. The number of hydrogen-bond donors (Lipinski definition) is 2. The Hall–Kier alpha value is -1.43. The molecule has 0 amide bonds. The molecule has 0 saturated carbocycles. The molecule has 2 heterocycles. The van der Waals surface area contributed by atoms with E-state index in [0.717, 1.165) is 12.1 Å². The molecule has 1 aromatic rings. The van der Waals surface area contributed by atoms with Gasteiger partial charge in [-0.05, 0) is 18.2 Å². The molecule has 1 fully saturated rings. The molecule has 2 unspecified atom stereocenters. The Morgan fingerprint density at radius 3 is 2.78 bits per heavy atom. The Labute approximate surface area is 102 Å². The summed E-state index contributed by atoms with van der Waals surface area (Å²) in [6.45, 7) is 1.88. The van der Waals surface area contributed by atoms with Gasteiger partial charge in [-0.25, -0.2) is 0 Å². The summed E-state index contributed by atoms with van der Waals surface area (Å²) in [5.41, 5.74) is 0.596. The van der Waals surface area contributed by atoms with E-state index in [0.29, 0.717) is 37.1 Å². The van der Waals surface area contributed by atoms with E-state index in [1.54, 1.807) is 0 Å². The van der Waals surface area contributed by atoms with Crippen LogP contribution < -0.4 is 10.6 Å². The second-order valence-corrected chi connectivity index (χ2v) is 4.69. The molecule has 2 atom stereocenters. The highest BCUT2D eigenvalue weighted by Crippen LogP contribution is 2.36. The van der Waals surface area contributed by atoms with Crippen molar-refractivity contribution in [3.63, 3.8) is 0 Å². The van der Waals surface area contributed by atoms with E-state index in [4.69, 9.17) is 4.74 Å². The summed E-state index contributed by atoms with van der Waals surface area (Å²) in [7, 11) is 0. The third-order valence-corrected chi connectivity index (χ3v) is 3.44. The summed E-state index contributed by atoms with van der Waals surface area (Å²) in [4.78, 5) is 0. The van der Waals surface area contributed by atoms with E-state index in [-0.39, 0.29) is 6.04 Å². The fraction of sp³-hybridized carbons (Fsp3) is 0.500. The molecule has 0 bridgehead atoms. The van der Waals surface area contributed by atoms with Crippen molar-refractivity contribution in [3.8, 4) is 0 Å². The van der Waals surface area contributed by atoms with Gasteiger partial charge >= 0.3 is 6.18 Å². The minimum Gasteiger partial charge on any atom is -0.383 e. The van der Waals surface area contributed by atoms with Gasteiger partial charge in [0.1, 0.15) is 0 Å². The molecule has 0 radical (unpaired) electrons. The standard InChI is InChI=1S/C12H13F3N2O/c13-12(14,15)8-1-2-9-10(3-8)16-4-7-5-18-6-11(7)17-9/h1-3,7,11,16-17H,4-6H2. The Morgan fingerprint density at radius 2 is 2.00 bits per heavy atom. The van der Waals surface area contributed by atoms with Gasteiger partial charge < -0.3 is 15.4 Å². The highest BCUT2D eigenvalue weighted by molar-refractivity contribution is 5.71. The molecule has 18 heavy (non-hydrogen) atoms. The van der Waals surface area contributed by atoms with Gasteiger partial charge in [0.25, 0.3) is 0 Å². The highest BCUT2D eigenvalue weighted by Gasteiger charge is 2.34. The zero-order valence-electron chi connectivity index (χ0n) is 9.55. The van der Waals surface area contributed by atoms with Crippen molar-refractivity contribution in [1.29, 1.82) is 0 Å². The Bertz CT molecular complexity index is 461. The zero-order chi connectivity index (χ0) is 12.8. The normalized spacial score (nSPS) is 26.6. The van der Waals surface area contributed by atoms with Crippen LogP contribution in [0.5, 0.6) is 0 Å². The summed E-state index contributed by atoms with van der Waals surface area (Å²) < 4.78 is 43.2. The van der Waals surface area contributed by atoms with Crippen LogP contribution in [0, 0.1) is 5.92 Å². The van der Waals surface area contributed by atoms with E-state index in [9.17, 15) is 13.2 Å². The number of halogens is 3. The minimum absolute atomic E-state index is 0.176. The van der Waals surface area contributed by atoms with Gasteiger partial charge in [0.05, 0.1) is 36.2 Å². The van der Waals surface area contributed by atoms with Crippen molar-refractivity contribution in [3.05, 3.63) is 23.8 Å². The summed E-state index contributed by atoms with van der Waals surface area (Å²) in [5.74, 6) is 0.298. The molecule has 6 heteroatoms. The fourth-order valence-corrected chi connectivity index (χ4v) is 2.39. The number of ether oxygens (including phenoxy) is 1. The zero-order valence-corrected chi connectivity index (χ0v) is 9.55. The summed E-state index contributed by atoms with van der Waals surface area (Å²) >= 11 is 0. The van der Waals surface area contributed by atoms with Crippen molar-refractivity contribution in [2.45, 2.75) is 12.2 Å². The molecule has 0 spiro atoms. The van der Waals surface area contributed by atoms with E-state index >= 15 is 0 Å². The largest absolute Gasteiger partial charge is 0.416 e. The molecule has 2 aliphatic rings. The molecular weight excluding hydrogens is 245 g/mol. The molecule has 3 rings (SSSR count). The molecule has 0 aliphatic carbocycles. The lowest BCUT2D eigenvalue weighted by molar-refractivity contribution is -0.137. The average molecular weight is 258 g/mol. The first-order valence-electron chi connectivity index (χ1n) is 5.83. The van der Waals surface area contributed by atoms with Crippen LogP contribution in [0.1, 0.15) is 5.56 Å². The Balaban J connectivity index is 1.92. The van der Waals surface area contributed by atoms with Crippen LogP contribution in [-0.2, 0) is 10.9 Å². The van der Waals surface area contributed by atoms with Crippen molar-refractivity contribution < 1.29 is 17.9 Å². The molecule has 0 aromatic heterocycles. The van der Waals surface area contributed by atoms with Gasteiger partial charge in [-0.15, -0.1) is 0 Å². The molecule has 2 aliphatic heterocycles. The van der Waals surface area contributed by atoms with Crippen molar-refractivity contribution in [1.82, 2.24) is 0 Å². The lowest BCUT2D eigenvalue weighted by Crippen LogP contribution is -2.29. The van der Waals surface area contributed by atoms with Crippen molar-refractivity contribution in [2.24, 2.45) is 5.92 Å². The molecule has 98 valence electrons. The Kier molecular flexibility index (Phi) is 2.62. The van der Waals surface area contributed by atoms with Gasteiger partial charge in [0.2, 0.25) is 0 Å². The van der Waals surface area contributed by atoms with Crippen LogP contribution in [0.15, 0.2) is 18.2 Å². The topological polar surface area (TPSA) is 33.3 Å². The lowest BCUT2D eigenvalue weighted by Gasteiger charge is -2.16. The van der Waals surface area contributed by atoms with Gasteiger partial charge in [-0.3, -0.25) is 0 Å². The number of fused-ring (bicyclic) bond motifs is 2. The van der Waals surface area contributed by atoms with Crippen LogP contribution in [0.4, 0.5) is 24.5 Å². The Morgan fingerprint density at radius 1 is 1.17 bits per heavy atom. The number of benzene rings is 1. The second kappa shape index (κ2) is 4.05. The number of rotatable bonds is 0. The van der Waals surface area contributed by atoms with Gasteiger partial charge in [0.15, 0.2) is 0 Å². The summed E-state index contributed by atoms with van der Waals surface area (Å²) in [5, 5.41) is 6.31. The smallest absolute Gasteiger partial charge is 0.383 e. The van der Waals surface area contributed by atoms with Gasteiger partial charge in [0, 0.05) is 12.5 Å². The number of hydrogen-bond acceptors (Lipinski definition) is 3. The number of nitrogens with one attached hydrogen (secondary N) is 2. The monoisotopic (exact) mass is 258 g/mol. The van der Waals surface area contributed by atoms with E-state index in [2.05, 4.69) is 10.6 Å². The maximum absolute atomic E-state index is 12.6. The molecule has 1 aromatic carbocycles. The molecular formula is C12H13F3N2O. The summed E-state index contributed by atoms with van der Waals surface area (Å²) in [6, 6.07) is 3.91. The first-order valence-corrected chi connectivity index (χ1v) is 5.83. The van der Waals surface area contributed by atoms with Crippen LogP contribution in [0.25, 0.3) is 0 Å². The molecule has 3 nitrogen and oxygen atoms in total. The third kappa shape index (κ3) is 2.01. The third-order valence-electron chi connectivity index (χ3n) is 3.44. The van der Waals surface area contributed by atoms with Crippen LogP contribution in [0.3, 0.4) is 0 Å². The number of alkyl halides is 3. The van der Waals surface area contributed by atoms with E-state index < -0.39 is 11.7 Å². The van der Waals surface area contributed by atoms with Crippen LogP contribution >= 0.6 is 0 Å². The van der Waals surface area contributed by atoms with E-state index in [1.807, 2.05) is 0 Å². The first kappa shape index (κ1) is 11.6. The number of anilines is 2. The van der Waals surface area contributed by atoms with Crippen molar-refractivity contribution >= 4 is 11.4 Å². The maximum atomic E-state index is 12.6. The highest BCUT2D eigenvalue weighted by atomic mass is 19.4. The maximum Gasteiger partial charge on any atom is 0.416 e. The molecule has 1 saturated heterocycles.